The van der Waals surface area contributed by atoms with Crippen LogP contribution >= 0.6 is 0 Å². The minimum Gasteiger partial charge on any atom is -0.392 e. The molecule has 2 amide bonds. The van der Waals surface area contributed by atoms with E-state index in [-0.39, 0.29) is 24.5 Å². The largest absolute Gasteiger partial charge is 0.392 e. The SMILES string of the molecule is CN(C)CCCN1C(=O)[C@@]2(Cc3ccccc31)c1ccccc1C(=O)N(C1CCCCC1)[C@H]2c1ccc(CO)cc1. The number of amides is 2. The van der Waals surface area contributed by atoms with Gasteiger partial charge in [-0.15, -0.1) is 0 Å². The third-order valence-electron chi connectivity index (χ3n) is 9.43. The second-order valence-corrected chi connectivity index (χ2v) is 12.2. The Balaban J connectivity index is 1.59. The van der Waals surface area contributed by atoms with Gasteiger partial charge in [0.1, 0.15) is 5.41 Å². The maximum absolute atomic E-state index is 15.3. The van der Waals surface area contributed by atoms with Crippen LogP contribution < -0.4 is 4.90 Å². The highest BCUT2D eigenvalue weighted by molar-refractivity contribution is 6.10. The molecule has 0 aromatic heterocycles. The zero-order valence-corrected chi connectivity index (χ0v) is 24.3. The zero-order chi connectivity index (χ0) is 28.6. The van der Waals surface area contributed by atoms with E-state index in [1.54, 1.807) is 0 Å². The average Bonchev–Trinajstić information content (AvgIpc) is 3.01. The summed E-state index contributed by atoms with van der Waals surface area (Å²) in [7, 11) is 4.12. The van der Waals surface area contributed by atoms with Crippen LogP contribution in [0.25, 0.3) is 0 Å². The van der Waals surface area contributed by atoms with Crippen molar-refractivity contribution in [2.45, 2.75) is 69.1 Å². The smallest absolute Gasteiger partial charge is 0.254 e. The summed E-state index contributed by atoms with van der Waals surface area (Å²) in [5.74, 6) is 0.104. The summed E-state index contributed by atoms with van der Waals surface area (Å²) >= 11 is 0. The van der Waals surface area contributed by atoms with E-state index in [0.29, 0.717) is 18.5 Å². The van der Waals surface area contributed by atoms with E-state index in [2.05, 4.69) is 42.1 Å². The van der Waals surface area contributed by atoms with E-state index >= 15 is 4.79 Å². The molecule has 1 aliphatic carbocycles. The Morgan fingerprint density at radius 1 is 0.902 bits per heavy atom. The molecule has 0 saturated heterocycles. The Labute approximate surface area is 243 Å². The number of anilines is 1. The maximum atomic E-state index is 15.3. The fourth-order valence-corrected chi connectivity index (χ4v) is 7.53. The van der Waals surface area contributed by atoms with Crippen molar-refractivity contribution in [1.29, 1.82) is 0 Å². The summed E-state index contributed by atoms with van der Waals surface area (Å²) in [6.45, 7) is 1.45. The number of fused-ring (bicyclic) bond motifs is 3. The molecule has 0 radical (unpaired) electrons. The van der Waals surface area contributed by atoms with Gasteiger partial charge in [0.2, 0.25) is 5.91 Å². The highest BCUT2D eigenvalue weighted by Gasteiger charge is 2.60. The number of carbonyl (C=O) groups excluding carboxylic acids is 2. The number of aliphatic hydroxyl groups excluding tert-OH is 1. The first-order valence-corrected chi connectivity index (χ1v) is 15.1. The van der Waals surface area contributed by atoms with Gasteiger partial charge in [0, 0.05) is 23.8 Å². The minimum absolute atomic E-state index is 0.0279. The molecule has 2 heterocycles. The number of rotatable bonds is 7. The van der Waals surface area contributed by atoms with Gasteiger partial charge in [-0.25, -0.2) is 0 Å². The Morgan fingerprint density at radius 2 is 1.61 bits per heavy atom. The van der Waals surface area contributed by atoms with Gasteiger partial charge in [-0.3, -0.25) is 9.59 Å². The summed E-state index contributed by atoms with van der Waals surface area (Å²) < 4.78 is 0. The van der Waals surface area contributed by atoms with Crippen LogP contribution in [0.15, 0.2) is 72.8 Å². The van der Waals surface area contributed by atoms with Crippen LogP contribution in [0.4, 0.5) is 5.69 Å². The summed E-state index contributed by atoms with van der Waals surface area (Å²) in [6.07, 6.45) is 6.65. The highest BCUT2D eigenvalue weighted by Crippen LogP contribution is 2.55. The normalized spacial score (nSPS) is 22.8. The standard InChI is InChI=1S/C35H41N3O3/c1-36(2)21-10-22-37-31-16-9-6-11-27(31)23-35(34(37)41)30-15-8-7-14-29(30)33(40)38(28-12-4-3-5-13-28)32(35)26-19-17-25(24-39)18-20-26/h6-9,11,14-20,28,32,39H,3-5,10,12-13,21-24H2,1-2H3/t32-,35-/m0/s1. The Kier molecular flexibility index (Phi) is 7.71. The van der Waals surface area contributed by atoms with Crippen molar-refractivity contribution in [2.24, 2.45) is 0 Å². The Hall–Kier alpha value is -3.48. The van der Waals surface area contributed by atoms with Crippen molar-refractivity contribution < 1.29 is 14.7 Å². The average molecular weight is 552 g/mol. The lowest BCUT2D eigenvalue weighted by Crippen LogP contribution is -2.64. The molecule has 1 saturated carbocycles. The van der Waals surface area contributed by atoms with Crippen molar-refractivity contribution in [3.8, 4) is 0 Å². The molecule has 2 aliphatic heterocycles. The second-order valence-electron chi connectivity index (χ2n) is 12.2. The van der Waals surface area contributed by atoms with E-state index in [1.165, 1.54) is 6.42 Å². The van der Waals surface area contributed by atoms with E-state index in [0.717, 1.165) is 66.6 Å². The van der Waals surface area contributed by atoms with Crippen LogP contribution in [0.5, 0.6) is 0 Å². The molecular weight excluding hydrogens is 510 g/mol. The van der Waals surface area contributed by atoms with E-state index in [4.69, 9.17) is 0 Å². The van der Waals surface area contributed by atoms with Gasteiger partial charge < -0.3 is 19.8 Å². The molecule has 3 aromatic rings. The molecule has 1 N–H and O–H groups in total. The molecule has 0 unspecified atom stereocenters. The molecule has 2 atom stereocenters. The van der Waals surface area contributed by atoms with Crippen LogP contribution in [0, 0.1) is 0 Å². The molecule has 6 heteroatoms. The summed E-state index contributed by atoms with van der Waals surface area (Å²) in [4.78, 5) is 36.0. The molecule has 41 heavy (non-hydrogen) atoms. The first-order valence-electron chi connectivity index (χ1n) is 15.1. The molecule has 3 aliphatic rings. The fraction of sp³-hybridized carbons (Fsp3) is 0.429. The maximum Gasteiger partial charge on any atom is 0.254 e. The van der Waals surface area contributed by atoms with Crippen LogP contribution in [0.1, 0.15) is 77.2 Å². The van der Waals surface area contributed by atoms with Gasteiger partial charge in [-0.2, -0.15) is 0 Å². The van der Waals surface area contributed by atoms with Crippen LogP contribution in [0.3, 0.4) is 0 Å². The number of para-hydroxylation sites is 1. The third-order valence-corrected chi connectivity index (χ3v) is 9.43. The summed E-state index contributed by atoms with van der Waals surface area (Å²) in [5, 5.41) is 9.79. The number of benzene rings is 3. The molecular formula is C35H41N3O3. The van der Waals surface area contributed by atoms with Crippen molar-refractivity contribution in [2.75, 3.05) is 32.1 Å². The van der Waals surface area contributed by atoms with Gasteiger partial charge in [0.15, 0.2) is 0 Å². The van der Waals surface area contributed by atoms with Crippen molar-refractivity contribution >= 4 is 17.5 Å². The van der Waals surface area contributed by atoms with Gasteiger partial charge in [-0.05, 0) is 80.7 Å². The van der Waals surface area contributed by atoms with Crippen LogP contribution in [-0.4, -0.2) is 59.9 Å². The zero-order valence-electron chi connectivity index (χ0n) is 24.3. The van der Waals surface area contributed by atoms with E-state index in [1.807, 2.05) is 59.5 Å². The molecule has 1 fully saturated rings. The number of nitrogens with zero attached hydrogens (tertiary/aromatic N) is 3. The van der Waals surface area contributed by atoms with Crippen LogP contribution in [-0.2, 0) is 23.2 Å². The first-order chi connectivity index (χ1) is 20.0. The summed E-state index contributed by atoms with van der Waals surface area (Å²) in [6, 6.07) is 23.7. The lowest BCUT2D eigenvalue weighted by Gasteiger charge is -2.55. The molecule has 0 bridgehead atoms. The fourth-order valence-electron chi connectivity index (χ4n) is 7.53. The highest BCUT2D eigenvalue weighted by atomic mass is 16.3. The second kappa shape index (κ2) is 11.4. The van der Waals surface area contributed by atoms with E-state index < -0.39 is 11.5 Å². The van der Waals surface area contributed by atoms with Crippen molar-refractivity contribution in [1.82, 2.24) is 9.80 Å². The quantitative estimate of drug-likeness (QED) is 0.422. The first kappa shape index (κ1) is 27.7. The minimum atomic E-state index is -0.963. The van der Waals surface area contributed by atoms with Crippen molar-refractivity contribution in [3.05, 3.63) is 101 Å². The number of hydrogen-bond acceptors (Lipinski definition) is 4. The Bertz CT molecular complexity index is 1410. The topological polar surface area (TPSA) is 64.1 Å². The van der Waals surface area contributed by atoms with Gasteiger partial charge >= 0.3 is 0 Å². The molecule has 214 valence electrons. The number of aliphatic hydroxyl groups is 1. The molecule has 6 nitrogen and oxygen atoms in total. The van der Waals surface area contributed by atoms with Gasteiger partial charge in [0.25, 0.3) is 5.91 Å². The predicted octanol–water partition coefficient (Wildman–Crippen LogP) is 5.49. The molecule has 1 spiro atoms. The monoisotopic (exact) mass is 551 g/mol. The number of hydrogen-bond donors (Lipinski definition) is 1. The van der Waals surface area contributed by atoms with Crippen LogP contribution in [0.2, 0.25) is 0 Å². The Morgan fingerprint density at radius 3 is 2.34 bits per heavy atom. The lowest BCUT2D eigenvalue weighted by molar-refractivity contribution is -0.128. The summed E-state index contributed by atoms with van der Waals surface area (Å²) in [5.41, 5.74) is 4.43. The molecule has 6 rings (SSSR count). The number of carbonyl (C=O) groups is 2. The van der Waals surface area contributed by atoms with Gasteiger partial charge in [-0.1, -0.05) is 79.9 Å². The third kappa shape index (κ3) is 4.77. The molecule has 3 aromatic carbocycles. The lowest BCUT2D eigenvalue weighted by atomic mass is 9.61. The van der Waals surface area contributed by atoms with E-state index in [9.17, 15) is 9.90 Å². The van der Waals surface area contributed by atoms with Crippen molar-refractivity contribution in [3.63, 3.8) is 0 Å². The predicted molar refractivity (Wildman–Crippen MR) is 162 cm³/mol. The van der Waals surface area contributed by atoms with Gasteiger partial charge in [0.05, 0.1) is 12.6 Å².